The monoisotopic (exact) mass is 472 g/mol. The number of nitrogens with one attached hydrogen (secondary N) is 2. The Morgan fingerprint density at radius 1 is 0.938 bits per heavy atom. The van der Waals surface area contributed by atoms with Crippen molar-refractivity contribution in [1.29, 1.82) is 0 Å². The third-order valence-corrected chi connectivity index (χ3v) is 6.60. The van der Waals surface area contributed by atoms with Crippen LogP contribution in [0.5, 0.6) is 0 Å². The molecule has 0 aromatic heterocycles. The first kappa shape index (κ1) is 23.5. The fourth-order valence-corrected chi connectivity index (χ4v) is 4.43. The molecule has 0 heterocycles. The molecule has 0 radical (unpaired) electrons. The first-order chi connectivity index (χ1) is 15.1. The van der Waals surface area contributed by atoms with Crippen LogP contribution < -0.4 is 10.6 Å². The summed E-state index contributed by atoms with van der Waals surface area (Å²) < 4.78 is 37.2. The molecule has 0 spiro atoms. The lowest BCUT2D eigenvalue weighted by molar-refractivity contribution is -0.113. The fraction of sp³-hybridized carbons (Fsp3) is 0.130. The molecule has 6 nitrogen and oxygen atoms in total. The number of aryl methyl sites for hydroxylation is 1. The summed E-state index contributed by atoms with van der Waals surface area (Å²) in [5.74, 6) is -1.52. The van der Waals surface area contributed by atoms with Gasteiger partial charge in [-0.25, -0.2) is 12.8 Å². The number of hydrogen-bond acceptors (Lipinski definition) is 5. The van der Waals surface area contributed by atoms with E-state index in [4.69, 9.17) is 0 Å². The molecule has 166 valence electrons. The third-order valence-electron chi connectivity index (χ3n) is 4.41. The molecule has 0 fully saturated rings. The van der Waals surface area contributed by atoms with Gasteiger partial charge in [0.25, 0.3) is 5.91 Å². The number of halogens is 1. The van der Waals surface area contributed by atoms with E-state index in [1.807, 2.05) is 31.2 Å². The number of thioether (sulfide) groups is 1. The van der Waals surface area contributed by atoms with Crippen molar-refractivity contribution >= 4 is 44.8 Å². The topological polar surface area (TPSA) is 92.3 Å². The molecule has 0 saturated carbocycles. The summed E-state index contributed by atoms with van der Waals surface area (Å²) in [7, 11) is -3.79. The molecule has 32 heavy (non-hydrogen) atoms. The van der Waals surface area contributed by atoms with Crippen molar-refractivity contribution in [2.75, 3.05) is 22.6 Å². The van der Waals surface area contributed by atoms with E-state index in [9.17, 15) is 22.4 Å². The molecule has 0 aliphatic carbocycles. The van der Waals surface area contributed by atoms with Crippen LogP contribution in [0.2, 0.25) is 0 Å². The SMILES string of the molecule is Cc1ccc(NC(=O)CSc2ccccc2C(=O)Nc2ccc(F)c(S(C)(=O)=O)c2)cc1. The molecule has 3 aromatic rings. The number of hydrogen-bond donors (Lipinski definition) is 2. The maximum Gasteiger partial charge on any atom is 0.256 e. The summed E-state index contributed by atoms with van der Waals surface area (Å²) in [4.78, 5) is 25.1. The van der Waals surface area contributed by atoms with E-state index in [0.29, 0.717) is 16.1 Å². The molecule has 3 rings (SSSR count). The summed E-state index contributed by atoms with van der Waals surface area (Å²) in [5, 5.41) is 5.39. The quantitative estimate of drug-likeness (QED) is 0.493. The lowest BCUT2D eigenvalue weighted by Gasteiger charge is -2.11. The van der Waals surface area contributed by atoms with E-state index in [-0.39, 0.29) is 17.3 Å². The fourth-order valence-electron chi connectivity index (χ4n) is 2.82. The zero-order chi connectivity index (χ0) is 23.3. The number of anilines is 2. The van der Waals surface area contributed by atoms with Gasteiger partial charge in [0, 0.05) is 22.5 Å². The van der Waals surface area contributed by atoms with Crippen molar-refractivity contribution in [2.45, 2.75) is 16.7 Å². The Morgan fingerprint density at radius 2 is 1.59 bits per heavy atom. The first-order valence-corrected chi connectivity index (χ1v) is 12.4. The average Bonchev–Trinajstić information content (AvgIpc) is 2.74. The highest BCUT2D eigenvalue weighted by Crippen LogP contribution is 2.25. The summed E-state index contributed by atoms with van der Waals surface area (Å²) in [6, 6.07) is 17.5. The van der Waals surface area contributed by atoms with E-state index < -0.39 is 26.5 Å². The number of amides is 2. The predicted octanol–water partition coefficient (Wildman–Crippen LogP) is 4.52. The molecule has 0 unspecified atom stereocenters. The number of carbonyl (C=O) groups excluding carboxylic acids is 2. The highest BCUT2D eigenvalue weighted by atomic mass is 32.2. The van der Waals surface area contributed by atoms with Gasteiger partial charge < -0.3 is 10.6 Å². The lowest BCUT2D eigenvalue weighted by Crippen LogP contribution is -2.16. The molecule has 0 saturated heterocycles. The van der Waals surface area contributed by atoms with Crippen molar-refractivity contribution in [2.24, 2.45) is 0 Å². The van der Waals surface area contributed by atoms with Crippen molar-refractivity contribution in [1.82, 2.24) is 0 Å². The van der Waals surface area contributed by atoms with E-state index in [2.05, 4.69) is 10.6 Å². The third kappa shape index (κ3) is 6.18. The van der Waals surface area contributed by atoms with Crippen LogP contribution in [0.3, 0.4) is 0 Å². The van der Waals surface area contributed by atoms with Crippen LogP contribution in [0.25, 0.3) is 0 Å². The van der Waals surface area contributed by atoms with Gasteiger partial charge in [-0.15, -0.1) is 11.8 Å². The standard InChI is InChI=1S/C23H21FN2O4S2/c1-15-7-9-16(10-8-15)25-22(27)14-31-20-6-4-3-5-18(20)23(28)26-17-11-12-19(24)21(13-17)32(2,29)30/h3-13H,14H2,1-2H3,(H,25,27)(H,26,28). The van der Waals surface area contributed by atoms with E-state index >= 15 is 0 Å². The van der Waals surface area contributed by atoms with Crippen LogP contribution in [0.4, 0.5) is 15.8 Å². The summed E-state index contributed by atoms with van der Waals surface area (Å²) in [6.45, 7) is 1.96. The van der Waals surface area contributed by atoms with Crippen LogP contribution in [0, 0.1) is 12.7 Å². The normalized spacial score (nSPS) is 11.1. The van der Waals surface area contributed by atoms with Crippen LogP contribution >= 0.6 is 11.8 Å². The zero-order valence-corrected chi connectivity index (χ0v) is 19.0. The Balaban J connectivity index is 1.70. The number of sulfone groups is 1. The maximum atomic E-state index is 13.8. The highest BCUT2D eigenvalue weighted by Gasteiger charge is 2.17. The molecule has 3 aromatic carbocycles. The molecular formula is C23H21FN2O4S2. The molecule has 2 amide bonds. The van der Waals surface area contributed by atoms with Gasteiger partial charge in [0.2, 0.25) is 5.91 Å². The summed E-state index contributed by atoms with van der Waals surface area (Å²) >= 11 is 1.20. The van der Waals surface area contributed by atoms with Gasteiger partial charge >= 0.3 is 0 Å². The number of carbonyl (C=O) groups is 2. The van der Waals surface area contributed by atoms with Crippen molar-refractivity contribution in [3.05, 3.63) is 83.7 Å². The highest BCUT2D eigenvalue weighted by molar-refractivity contribution is 8.00. The predicted molar refractivity (Wildman–Crippen MR) is 124 cm³/mol. The Labute approximate surface area is 190 Å². The Kier molecular flexibility index (Phi) is 7.32. The Morgan fingerprint density at radius 3 is 2.28 bits per heavy atom. The van der Waals surface area contributed by atoms with Gasteiger partial charge in [0.15, 0.2) is 9.84 Å². The van der Waals surface area contributed by atoms with E-state index in [0.717, 1.165) is 24.0 Å². The molecule has 2 N–H and O–H groups in total. The minimum Gasteiger partial charge on any atom is -0.325 e. The van der Waals surface area contributed by atoms with Gasteiger partial charge in [-0.2, -0.15) is 0 Å². The minimum atomic E-state index is -3.79. The molecule has 0 atom stereocenters. The van der Waals surface area contributed by atoms with Gasteiger partial charge in [-0.3, -0.25) is 9.59 Å². The van der Waals surface area contributed by atoms with E-state index in [1.54, 1.807) is 24.3 Å². The van der Waals surface area contributed by atoms with E-state index in [1.165, 1.54) is 17.8 Å². The maximum absolute atomic E-state index is 13.8. The van der Waals surface area contributed by atoms with Crippen molar-refractivity contribution in [3.8, 4) is 0 Å². The van der Waals surface area contributed by atoms with Crippen molar-refractivity contribution in [3.63, 3.8) is 0 Å². The molecular weight excluding hydrogens is 451 g/mol. The zero-order valence-electron chi connectivity index (χ0n) is 17.4. The second-order valence-corrected chi connectivity index (χ2v) is 10.1. The lowest BCUT2D eigenvalue weighted by atomic mass is 10.2. The van der Waals surface area contributed by atoms with Gasteiger partial charge in [0.1, 0.15) is 10.7 Å². The number of rotatable bonds is 7. The van der Waals surface area contributed by atoms with Crippen molar-refractivity contribution < 1.29 is 22.4 Å². The van der Waals surface area contributed by atoms with Crippen LogP contribution in [-0.4, -0.2) is 32.2 Å². The minimum absolute atomic E-state index is 0.0902. The molecule has 0 aliphatic rings. The summed E-state index contributed by atoms with van der Waals surface area (Å²) in [6.07, 6.45) is 0.893. The van der Waals surface area contributed by atoms with Crippen LogP contribution in [0.15, 0.2) is 76.5 Å². The largest absolute Gasteiger partial charge is 0.325 e. The smallest absolute Gasteiger partial charge is 0.256 e. The van der Waals surface area contributed by atoms with Crippen LogP contribution in [-0.2, 0) is 14.6 Å². The first-order valence-electron chi connectivity index (χ1n) is 9.53. The average molecular weight is 473 g/mol. The van der Waals surface area contributed by atoms with Gasteiger partial charge in [-0.05, 0) is 49.4 Å². The van der Waals surface area contributed by atoms with Crippen LogP contribution in [0.1, 0.15) is 15.9 Å². The summed E-state index contributed by atoms with van der Waals surface area (Å²) in [5.41, 5.74) is 2.23. The molecule has 9 heteroatoms. The number of benzene rings is 3. The Hall–Kier alpha value is -3.17. The molecule has 0 aliphatic heterocycles. The molecule has 0 bridgehead atoms. The second kappa shape index (κ2) is 9.97. The Bertz CT molecular complexity index is 1260. The second-order valence-electron chi connectivity index (χ2n) is 7.07. The van der Waals surface area contributed by atoms with Gasteiger partial charge in [0.05, 0.1) is 11.3 Å². The van der Waals surface area contributed by atoms with Gasteiger partial charge in [-0.1, -0.05) is 29.8 Å².